The van der Waals surface area contributed by atoms with Crippen molar-refractivity contribution in [1.82, 2.24) is 0 Å². The minimum atomic E-state index is -0.470. The van der Waals surface area contributed by atoms with Crippen LogP contribution in [0.5, 0.6) is 0 Å². The monoisotopic (exact) mass is 198 g/mol. The summed E-state index contributed by atoms with van der Waals surface area (Å²) in [4.78, 5) is 22.1. The summed E-state index contributed by atoms with van der Waals surface area (Å²) >= 11 is 3.58. The first-order chi connectivity index (χ1) is 6.02. The molecule has 0 aliphatic heterocycles. The van der Waals surface area contributed by atoms with E-state index in [2.05, 4.69) is 12.6 Å². The van der Waals surface area contributed by atoms with Crippen molar-refractivity contribution in [2.75, 3.05) is 0 Å². The molecule has 0 aliphatic carbocycles. The Morgan fingerprint density at radius 1 is 1.31 bits per heavy atom. The highest BCUT2D eigenvalue weighted by atomic mass is 32.1. The van der Waals surface area contributed by atoms with E-state index in [1.54, 1.807) is 13.8 Å². The normalized spacial score (nSPS) is 10.5. The standard InChI is InChI=1S/C9H10O3S/c1-5(2)8(10)6-3-4-7(12-6)9(11)13/h3-5H,1-2H3,(H,11,13). The molecule has 0 saturated heterocycles. The van der Waals surface area contributed by atoms with Gasteiger partial charge in [-0.05, 0) is 12.1 Å². The summed E-state index contributed by atoms with van der Waals surface area (Å²) in [6, 6.07) is 2.94. The van der Waals surface area contributed by atoms with E-state index in [0.717, 1.165) is 0 Å². The molecule has 13 heavy (non-hydrogen) atoms. The van der Waals surface area contributed by atoms with E-state index in [1.165, 1.54) is 12.1 Å². The molecule has 0 spiro atoms. The van der Waals surface area contributed by atoms with Gasteiger partial charge in [-0.1, -0.05) is 26.5 Å². The van der Waals surface area contributed by atoms with Crippen LogP contribution >= 0.6 is 12.6 Å². The molecule has 0 saturated carbocycles. The van der Waals surface area contributed by atoms with Gasteiger partial charge in [0, 0.05) is 5.92 Å². The molecule has 0 unspecified atom stereocenters. The highest BCUT2D eigenvalue weighted by Crippen LogP contribution is 2.14. The van der Waals surface area contributed by atoms with Crippen LogP contribution in [0.15, 0.2) is 16.5 Å². The Morgan fingerprint density at radius 2 is 1.85 bits per heavy atom. The van der Waals surface area contributed by atoms with Crippen molar-refractivity contribution in [3.05, 3.63) is 23.7 Å². The predicted octanol–water partition coefficient (Wildman–Crippen LogP) is 2.19. The summed E-state index contributed by atoms with van der Waals surface area (Å²) in [5.74, 6) is 0.0783. The summed E-state index contributed by atoms with van der Waals surface area (Å²) in [5.41, 5.74) is 0. The Balaban J connectivity index is 2.92. The topological polar surface area (TPSA) is 47.3 Å². The Morgan fingerprint density at radius 3 is 2.23 bits per heavy atom. The van der Waals surface area contributed by atoms with Gasteiger partial charge in [0.15, 0.2) is 11.5 Å². The van der Waals surface area contributed by atoms with E-state index < -0.39 is 5.12 Å². The zero-order valence-electron chi connectivity index (χ0n) is 7.40. The van der Waals surface area contributed by atoms with Gasteiger partial charge >= 0.3 is 0 Å². The fraction of sp³-hybridized carbons (Fsp3) is 0.333. The molecular weight excluding hydrogens is 188 g/mol. The van der Waals surface area contributed by atoms with Crippen molar-refractivity contribution >= 4 is 23.5 Å². The molecule has 0 bridgehead atoms. The molecule has 4 heteroatoms. The lowest BCUT2D eigenvalue weighted by atomic mass is 10.1. The molecule has 0 radical (unpaired) electrons. The number of ketones is 1. The number of hydrogen-bond acceptors (Lipinski definition) is 3. The van der Waals surface area contributed by atoms with Gasteiger partial charge in [-0.3, -0.25) is 9.59 Å². The predicted molar refractivity (Wildman–Crippen MR) is 51.2 cm³/mol. The quantitative estimate of drug-likeness (QED) is 0.598. The maximum Gasteiger partial charge on any atom is 0.251 e. The van der Waals surface area contributed by atoms with E-state index in [4.69, 9.17) is 4.42 Å². The van der Waals surface area contributed by atoms with Crippen LogP contribution in [-0.4, -0.2) is 10.9 Å². The molecule has 0 atom stereocenters. The SMILES string of the molecule is CC(C)C(=O)c1ccc(C(=O)S)o1. The molecule has 1 heterocycles. The molecular formula is C9H10O3S. The Labute approximate surface area is 81.5 Å². The highest BCUT2D eigenvalue weighted by Gasteiger charge is 2.16. The van der Waals surface area contributed by atoms with Crippen molar-refractivity contribution in [2.24, 2.45) is 5.92 Å². The van der Waals surface area contributed by atoms with Gasteiger partial charge in [-0.2, -0.15) is 0 Å². The van der Waals surface area contributed by atoms with Crippen LogP contribution in [0.2, 0.25) is 0 Å². The third-order valence-electron chi connectivity index (χ3n) is 1.58. The lowest BCUT2D eigenvalue weighted by molar-refractivity contribution is 0.0908. The van der Waals surface area contributed by atoms with Crippen LogP contribution < -0.4 is 0 Å². The maximum atomic E-state index is 11.4. The van der Waals surface area contributed by atoms with Crippen LogP contribution in [0.4, 0.5) is 0 Å². The molecule has 0 amide bonds. The van der Waals surface area contributed by atoms with Gasteiger partial charge in [-0.25, -0.2) is 0 Å². The maximum absolute atomic E-state index is 11.4. The second kappa shape index (κ2) is 3.79. The Kier molecular flexibility index (Phi) is 2.93. The first-order valence-electron chi connectivity index (χ1n) is 3.89. The molecule has 0 fully saturated rings. The zero-order chi connectivity index (χ0) is 10.0. The second-order valence-corrected chi connectivity index (χ2v) is 3.39. The average Bonchev–Trinajstić information content (AvgIpc) is 2.50. The minimum Gasteiger partial charge on any atom is -0.449 e. The second-order valence-electron chi connectivity index (χ2n) is 2.99. The van der Waals surface area contributed by atoms with Crippen LogP contribution in [-0.2, 0) is 0 Å². The number of carbonyl (C=O) groups is 2. The van der Waals surface area contributed by atoms with E-state index in [9.17, 15) is 9.59 Å². The minimum absolute atomic E-state index is 0.104. The lowest BCUT2D eigenvalue weighted by Gasteiger charge is -1.98. The van der Waals surface area contributed by atoms with Gasteiger partial charge < -0.3 is 4.42 Å². The van der Waals surface area contributed by atoms with Crippen molar-refractivity contribution in [3.8, 4) is 0 Å². The number of thiol groups is 1. The molecule has 70 valence electrons. The van der Waals surface area contributed by atoms with E-state index in [1.807, 2.05) is 0 Å². The van der Waals surface area contributed by atoms with E-state index in [0.29, 0.717) is 0 Å². The summed E-state index contributed by atoms with van der Waals surface area (Å²) in [7, 11) is 0. The summed E-state index contributed by atoms with van der Waals surface area (Å²) < 4.78 is 4.99. The average molecular weight is 198 g/mol. The largest absolute Gasteiger partial charge is 0.449 e. The van der Waals surface area contributed by atoms with Gasteiger partial charge in [-0.15, -0.1) is 0 Å². The fourth-order valence-corrected chi connectivity index (χ4v) is 0.990. The molecule has 1 aromatic rings. The van der Waals surface area contributed by atoms with Crippen LogP contribution in [0.1, 0.15) is 35.0 Å². The van der Waals surface area contributed by atoms with Gasteiger partial charge in [0.25, 0.3) is 5.12 Å². The highest BCUT2D eigenvalue weighted by molar-refractivity contribution is 7.97. The van der Waals surface area contributed by atoms with E-state index in [-0.39, 0.29) is 23.2 Å². The molecule has 0 N–H and O–H groups in total. The van der Waals surface area contributed by atoms with Crippen LogP contribution in [0, 0.1) is 5.92 Å². The van der Waals surface area contributed by atoms with Gasteiger partial charge in [0.05, 0.1) is 0 Å². The van der Waals surface area contributed by atoms with Crippen molar-refractivity contribution < 1.29 is 14.0 Å². The molecule has 1 aromatic heterocycles. The molecule has 0 aliphatic rings. The summed E-state index contributed by atoms with van der Waals surface area (Å²) in [6.45, 7) is 3.54. The number of rotatable bonds is 3. The third kappa shape index (κ3) is 2.21. The molecule has 0 aromatic carbocycles. The molecule has 3 nitrogen and oxygen atoms in total. The summed E-state index contributed by atoms with van der Waals surface area (Å²) in [6.07, 6.45) is 0. The number of furan rings is 1. The van der Waals surface area contributed by atoms with Crippen molar-refractivity contribution in [1.29, 1.82) is 0 Å². The molecule has 1 rings (SSSR count). The first-order valence-corrected chi connectivity index (χ1v) is 4.34. The first kappa shape index (κ1) is 10.1. The van der Waals surface area contributed by atoms with Gasteiger partial charge in [0.2, 0.25) is 5.78 Å². The Hall–Kier alpha value is -1.03. The van der Waals surface area contributed by atoms with Crippen LogP contribution in [0.3, 0.4) is 0 Å². The smallest absolute Gasteiger partial charge is 0.251 e. The van der Waals surface area contributed by atoms with Crippen molar-refractivity contribution in [2.45, 2.75) is 13.8 Å². The fourth-order valence-electron chi connectivity index (χ4n) is 0.870. The third-order valence-corrected chi connectivity index (χ3v) is 1.80. The van der Waals surface area contributed by atoms with Crippen molar-refractivity contribution in [3.63, 3.8) is 0 Å². The number of Topliss-reactive ketones (excluding diaryl/α,β-unsaturated/α-hetero) is 1. The lowest BCUT2D eigenvalue weighted by Crippen LogP contribution is -2.05. The number of hydrogen-bond donors (Lipinski definition) is 1. The summed E-state index contributed by atoms with van der Waals surface area (Å²) in [5, 5.41) is -0.470. The Bertz CT molecular complexity index is 338. The number of carbonyl (C=O) groups excluding carboxylic acids is 2. The van der Waals surface area contributed by atoms with Gasteiger partial charge in [0.1, 0.15) is 0 Å². The zero-order valence-corrected chi connectivity index (χ0v) is 8.30. The van der Waals surface area contributed by atoms with Crippen LogP contribution in [0.25, 0.3) is 0 Å². The van der Waals surface area contributed by atoms with E-state index >= 15 is 0 Å².